The minimum absolute atomic E-state index is 0.0189. The summed E-state index contributed by atoms with van der Waals surface area (Å²) >= 11 is 0. The molecule has 322 valence electrons. The van der Waals surface area contributed by atoms with E-state index >= 15 is 0 Å². The lowest BCUT2D eigenvalue weighted by atomic mass is 9.82. The second kappa shape index (κ2) is 16.8. The van der Waals surface area contributed by atoms with Crippen molar-refractivity contribution in [1.82, 2.24) is 0 Å². The van der Waals surface area contributed by atoms with Gasteiger partial charge >= 0.3 is 0 Å². The van der Waals surface area contributed by atoms with Crippen LogP contribution in [0.3, 0.4) is 0 Å². The molecule has 0 saturated carbocycles. The van der Waals surface area contributed by atoms with Crippen LogP contribution in [-0.2, 0) is 0 Å². The molecule has 4 amide bonds. The van der Waals surface area contributed by atoms with Crippen molar-refractivity contribution in [2.75, 3.05) is 21.3 Å². The van der Waals surface area contributed by atoms with Crippen LogP contribution in [0.25, 0.3) is 0 Å². The molecule has 0 atom stereocenters. The summed E-state index contributed by atoms with van der Waals surface area (Å²) in [5.41, 5.74) is 1.65. The summed E-state index contributed by atoms with van der Waals surface area (Å²) in [4.78, 5) is 111. The number of amides is 4. The van der Waals surface area contributed by atoms with Gasteiger partial charge in [0.1, 0.15) is 0 Å². The van der Waals surface area contributed by atoms with Gasteiger partial charge in [-0.15, -0.1) is 0 Å². The molecular formula is C53H38N4O8Si. The highest BCUT2D eigenvalue weighted by molar-refractivity contribution is 6.88. The van der Waals surface area contributed by atoms with Gasteiger partial charge in [0.2, 0.25) is 0 Å². The number of carbonyl (C=O) groups excluding carboxylic acids is 8. The first-order valence-corrected chi connectivity index (χ1v) is 24.4. The Balaban J connectivity index is 0.995. The van der Waals surface area contributed by atoms with Crippen molar-refractivity contribution < 1.29 is 38.4 Å². The first kappa shape index (κ1) is 42.6. The molecule has 12 nitrogen and oxygen atoms in total. The minimum atomic E-state index is -2.23. The maximum Gasteiger partial charge on any atom is 0.255 e. The minimum Gasteiger partial charge on any atom is -0.321 e. The van der Waals surface area contributed by atoms with Crippen LogP contribution in [0, 0.1) is 0 Å². The predicted octanol–water partition coefficient (Wildman–Crippen LogP) is 8.79. The van der Waals surface area contributed by atoms with Crippen molar-refractivity contribution in [2.24, 2.45) is 0 Å². The normalized spacial score (nSPS) is 12.5. The maximum atomic E-state index is 14.2. The molecule has 0 aromatic heterocycles. The van der Waals surface area contributed by atoms with Crippen LogP contribution in [0.4, 0.5) is 22.7 Å². The molecule has 0 fully saturated rings. The summed E-state index contributed by atoms with van der Waals surface area (Å²) in [7, 11) is -2.23. The molecule has 0 saturated heterocycles. The van der Waals surface area contributed by atoms with Gasteiger partial charge in [0.15, 0.2) is 23.1 Å². The lowest BCUT2D eigenvalue weighted by Gasteiger charge is -2.23. The molecule has 0 spiro atoms. The quantitative estimate of drug-likeness (QED) is 0.104. The Morgan fingerprint density at radius 2 is 0.606 bits per heavy atom. The van der Waals surface area contributed by atoms with Crippen LogP contribution in [0.1, 0.15) is 105 Å². The summed E-state index contributed by atoms with van der Waals surface area (Å²) in [5.74, 6) is -4.31. The van der Waals surface area contributed by atoms with Gasteiger partial charge in [-0.2, -0.15) is 0 Å². The first-order chi connectivity index (χ1) is 31.7. The number of benzene rings is 7. The average molecular weight is 887 g/mol. The van der Waals surface area contributed by atoms with E-state index in [0.29, 0.717) is 11.1 Å². The molecule has 0 bridgehead atoms. The highest BCUT2D eigenvalue weighted by Crippen LogP contribution is 2.38. The number of anilines is 4. The zero-order valence-corrected chi connectivity index (χ0v) is 36.7. The molecule has 0 heterocycles. The number of carbonyl (C=O) groups is 8. The van der Waals surface area contributed by atoms with Gasteiger partial charge in [-0.3, -0.25) is 38.4 Å². The average Bonchev–Trinajstić information content (AvgIpc) is 3.32. The molecule has 9 rings (SSSR count). The number of fused-ring (bicyclic) bond motifs is 4. The van der Waals surface area contributed by atoms with Crippen molar-refractivity contribution in [1.29, 1.82) is 0 Å². The fourth-order valence-corrected chi connectivity index (χ4v) is 9.36. The van der Waals surface area contributed by atoms with Crippen LogP contribution in [-0.4, -0.2) is 54.8 Å². The van der Waals surface area contributed by atoms with Gasteiger partial charge < -0.3 is 21.3 Å². The number of ketones is 4. The monoisotopic (exact) mass is 886 g/mol. The number of rotatable bonds is 9. The fourth-order valence-electron chi connectivity index (χ4n) is 8.18. The van der Waals surface area contributed by atoms with Gasteiger partial charge in [-0.05, 0) is 54.6 Å². The Labute approximate surface area is 379 Å². The molecule has 2 aliphatic carbocycles. The van der Waals surface area contributed by atoms with E-state index in [-0.39, 0.29) is 78.4 Å². The largest absolute Gasteiger partial charge is 0.321 e. The third-order valence-electron chi connectivity index (χ3n) is 11.5. The van der Waals surface area contributed by atoms with Gasteiger partial charge in [0, 0.05) is 44.5 Å². The molecule has 66 heavy (non-hydrogen) atoms. The van der Waals surface area contributed by atoms with Crippen molar-refractivity contribution in [3.63, 3.8) is 0 Å². The van der Waals surface area contributed by atoms with E-state index in [1.54, 1.807) is 109 Å². The summed E-state index contributed by atoms with van der Waals surface area (Å²) in [6, 6.07) is 40.0. The predicted molar refractivity (Wildman–Crippen MR) is 254 cm³/mol. The van der Waals surface area contributed by atoms with E-state index in [9.17, 15) is 38.4 Å². The molecule has 4 N–H and O–H groups in total. The summed E-state index contributed by atoms with van der Waals surface area (Å²) in [5, 5.41) is 11.9. The maximum absolute atomic E-state index is 14.2. The van der Waals surface area contributed by atoms with Crippen LogP contribution >= 0.6 is 0 Å². The van der Waals surface area contributed by atoms with Crippen molar-refractivity contribution >= 4 is 82.8 Å². The Hall–Kier alpha value is -8.68. The van der Waals surface area contributed by atoms with E-state index in [0.717, 1.165) is 5.19 Å². The SMILES string of the molecule is C[Si](C)(C)c1cc(C(=O)Nc2cccc3c2C(=O)c2cccc(NC(=O)c4ccccc4)c2C3=O)cc(C(=O)Nc2cccc3c2C(=O)c2cccc(NC(=O)c4ccccc4)c2C3=O)c1. The second-order valence-corrected chi connectivity index (χ2v) is 21.9. The molecule has 7 aromatic rings. The first-order valence-electron chi connectivity index (χ1n) is 20.9. The van der Waals surface area contributed by atoms with Crippen LogP contribution in [0.5, 0.6) is 0 Å². The highest BCUT2D eigenvalue weighted by atomic mass is 28.3. The standard InChI is InChI=1S/C53H38N4O8Si/c1-66(2,3)33-27-31(52(64)56-40-24-12-20-36-44(40)48(60)34-18-10-22-38(42(34)46(36)58)54-50(62)29-14-6-4-7-15-29)26-32(28-33)53(65)57-41-25-13-21-37-45(41)49(61)35-19-11-23-39(43(35)47(37)59)55-51(63)30-16-8-5-9-17-30/h4-28H,1-3H3,(H,54,62)(H,55,63)(H,56,64)(H,57,65). The Morgan fingerprint density at radius 3 is 0.879 bits per heavy atom. The molecule has 13 heteroatoms. The summed E-state index contributed by atoms with van der Waals surface area (Å²) in [6.45, 7) is 6.14. The number of hydrogen-bond donors (Lipinski definition) is 4. The zero-order valence-electron chi connectivity index (χ0n) is 35.7. The van der Waals surface area contributed by atoms with Gasteiger partial charge in [0.05, 0.1) is 53.1 Å². The zero-order chi connectivity index (χ0) is 46.4. The number of nitrogens with one attached hydrogen (secondary N) is 4. The molecule has 0 unspecified atom stereocenters. The van der Waals surface area contributed by atoms with Crippen LogP contribution < -0.4 is 26.5 Å². The molecular weight excluding hydrogens is 849 g/mol. The summed E-state index contributed by atoms with van der Waals surface area (Å²) in [6.07, 6.45) is 0. The van der Waals surface area contributed by atoms with Gasteiger partial charge in [-0.25, -0.2) is 0 Å². The third-order valence-corrected chi connectivity index (χ3v) is 13.6. The van der Waals surface area contributed by atoms with Crippen molar-refractivity contribution in [3.05, 3.63) is 218 Å². The van der Waals surface area contributed by atoms with E-state index in [1.807, 2.05) is 19.6 Å². The van der Waals surface area contributed by atoms with Crippen molar-refractivity contribution in [2.45, 2.75) is 19.6 Å². The third kappa shape index (κ3) is 7.73. The van der Waals surface area contributed by atoms with Crippen LogP contribution in [0.15, 0.2) is 152 Å². The number of hydrogen-bond acceptors (Lipinski definition) is 8. The van der Waals surface area contributed by atoms with E-state index < -0.39 is 54.8 Å². The Bertz CT molecular complexity index is 3080. The molecule has 7 aromatic carbocycles. The van der Waals surface area contributed by atoms with Crippen LogP contribution in [0.2, 0.25) is 19.6 Å². The van der Waals surface area contributed by atoms with Gasteiger partial charge in [0.25, 0.3) is 23.6 Å². The van der Waals surface area contributed by atoms with E-state index in [4.69, 9.17) is 0 Å². The highest BCUT2D eigenvalue weighted by Gasteiger charge is 2.36. The van der Waals surface area contributed by atoms with E-state index in [2.05, 4.69) is 21.3 Å². The lowest BCUT2D eigenvalue weighted by molar-refractivity contribution is 0.0977. The van der Waals surface area contributed by atoms with Gasteiger partial charge in [-0.1, -0.05) is 122 Å². The van der Waals surface area contributed by atoms with Crippen molar-refractivity contribution in [3.8, 4) is 0 Å². The topological polar surface area (TPSA) is 185 Å². The molecule has 0 aliphatic heterocycles. The Kier molecular flexibility index (Phi) is 10.8. The van der Waals surface area contributed by atoms with E-state index in [1.165, 1.54) is 42.5 Å². The molecule has 0 radical (unpaired) electrons. The lowest BCUT2D eigenvalue weighted by Crippen LogP contribution is -2.39. The fraction of sp³-hybridized carbons (Fsp3) is 0.0566. The smallest absolute Gasteiger partial charge is 0.255 e. The molecule has 2 aliphatic rings. The Morgan fingerprint density at radius 1 is 0.333 bits per heavy atom. The second-order valence-electron chi connectivity index (χ2n) is 16.8. The summed E-state index contributed by atoms with van der Waals surface area (Å²) < 4.78 is 0.